The summed E-state index contributed by atoms with van der Waals surface area (Å²) in [5.74, 6) is 6.62. The average Bonchev–Trinajstić information content (AvgIpc) is 2.32. The van der Waals surface area contributed by atoms with Crippen LogP contribution in [0.4, 0.5) is 0 Å². The number of nitrogen functional groups attached to an aromatic ring is 1. The van der Waals surface area contributed by atoms with Crippen molar-refractivity contribution in [3.05, 3.63) is 34.6 Å². The monoisotopic (exact) mass is 235 g/mol. The normalized spacial score (nSPS) is 10.8. The van der Waals surface area contributed by atoms with Crippen molar-refractivity contribution in [2.75, 3.05) is 11.6 Å². The van der Waals surface area contributed by atoms with Crippen LogP contribution in [-0.4, -0.2) is 15.4 Å². The van der Waals surface area contributed by atoms with Crippen LogP contribution in [0.25, 0.3) is 10.9 Å². The van der Waals surface area contributed by atoms with Crippen LogP contribution in [0.2, 0.25) is 0 Å². The highest BCUT2D eigenvalue weighted by Crippen LogP contribution is 2.16. The first-order valence-corrected chi connectivity index (χ1v) is 6.12. The topological polar surface area (TPSA) is 60.9 Å². The minimum Gasteiger partial charge on any atom is -0.334 e. The predicted octanol–water partition coefficient (Wildman–Crippen LogP) is 1.61. The number of para-hydroxylation sites is 1. The van der Waals surface area contributed by atoms with Gasteiger partial charge in [-0.05, 0) is 18.6 Å². The standard InChI is InChI=1S/C11H13N3OS/c1-2-7-16-11-13-9-6-4-3-5-8(9)10(15)14(11)12/h3-6H,2,7,12H2,1H3. The minimum atomic E-state index is -0.191. The SMILES string of the molecule is CCCSc1nc2ccccc2c(=O)n1N. The molecule has 0 atom stereocenters. The van der Waals surface area contributed by atoms with Crippen LogP contribution in [-0.2, 0) is 0 Å². The van der Waals surface area contributed by atoms with Crippen molar-refractivity contribution >= 4 is 22.7 Å². The molecule has 0 aliphatic rings. The van der Waals surface area contributed by atoms with Gasteiger partial charge in [0.05, 0.1) is 10.9 Å². The predicted molar refractivity (Wildman–Crippen MR) is 67.2 cm³/mol. The van der Waals surface area contributed by atoms with Gasteiger partial charge >= 0.3 is 0 Å². The lowest BCUT2D eigenvalue weighted by molar-refractivity contribution is 0.779. The summed E-state index contributed by atoms with van der Waals surface area (Å²) in [7, 11) is 0. The van der Waals surface area contributed by atoms with E-state index >= 15 is 0 Å². The molecule has 2 N–H and O–H groups in total. The van der Waals surface area contributed by atoms with Crippen LogP contribution < -0.4 is 11.4 Å². The quantitative estimate of drug-likeness (QED) is 0.499. The Balaban J connectivity index is 2.60. The lowest BCUT2D eigenvalue weighted by atomic mass is 10.2. The fourth-order valence-electron chi connectivity index (χ4n) is 1.42. The Morgan fingerprint density at radius 3 is 2.94 bits per heavy atom. The molecule has 0 unspecified atom stereocenters. The number of hydrogen-bond acceptors (Lipinski definition) is 4. The number of rotatable bonds is 3. The summed E-state index contributed by atoms with van der Waals surface area (Å²) in [5.41, 5.74) is 0.511. The van der Waals surface area contributed by atoms with Crippen LogP contribution in [0.15, 0.2) is 34.2 Å². The summed E-state index contributed by atoms with van der Waals surface area (Å²) in [5, 5.41) is 1.14. The third-order valence-corrected chi connectivity index (χ3v) is 3.37. The van der Waals surface area contributed by atoms with Gasteiger partial charge in [-0.25, -0.2) is 9.66 Å². The molecule has 0 bridgehead atoms. The molecular formula is C11H13N3OS. The number of hydrogen-bond donors (Lipinski definition) is 1. The molecule has 0 saturated carbocycles. The van der Waals surface area contributed by atoms with Crippen molar-refractivity contribution < 1.29 is 0 Å². The van der Waals surface area contributed by atoms with Crippen molar-refractivity contribution in [1.29, 1.82) is 0 Å². The molecule has 84 valence electrons. The van der Waals surface area contributed by atoms with Crippen molar-refractivity contribution in [1.82, 2.24) is 9.66 Å². The second-order valence-electron chi connectivity index (χ2n) is 3.44. The van der Waals surface area contributed by atoms with E-state index in [1.54, 1.807) is 6.07 Å². The van der Waals surface area contributed by atoms with Gasteiger partial charge in [0.25, 0.3) is 5.56 Å². The highest BCUT2D eigenvalue weighted by atomic mass is 32.2. The number of thioether (sulfide) groups is 1. The molecule has 0 amide bonds. The van der Waals surface area contributed by atoms with E-state index in [1.165, 1.54) is 11.8 Å². The summed E-state index contributed by atoms with van der Waals surface area (Å²) in [6.07, 6.45) is 1.02. The van der Waals surface area contributed by atoms with Crippen LogP contribution in [0.3, 0.4) is 0 Å². The maximum absolute atomic E-state index is 11.9. The first kappa shape index (κ1) is 11.0. The number of nitrogens with two attached hydrogens (primary N) is 1. The Kier molecular flexibility index (Phi) is 3.14. The van der Waals surface area contributed by atoms with Gasteiger partial charge in [0.15, 0.2) is 5.16 Å². The molecular weight excluding hydrogens is 222 g/mol. The molecule has 0 saturated heterocycles. The zero-order valence-electron chi connectivity index (χ0n) is 9.01. The van der Waals surface area contributed by atoms with Gasteiger partial charge in [0.2, 0.25) is 0 Å². The maximum atomic E-state index is 11.9. The van der Waals surface area contributed by atoms with E-state index in [9.17, 15) is 4.79 Å². The molecule has 0 aliphatic carbocycles. The van der Waals surface area contributed by atoms with E-state index in [0.29, 0.717) is 16.1 Å². The summed E-state index contributed by atoms with van der Waals surface area (Å²) in [6, 6.07) is 7.24. The smallest absolute Gasteiger partial charge is 0.280 e. The lowest BCUT2D eigenvalue weighted by Crippen LogP contribution is -2.29. The molecule has 1 aromatic heterocycles. The van der Waals surface area contributed by atoms with Gasteiger partial charge in [-0.15, -0.1) is 0 Å². The van der Waals surface area contributed by atoms with Gasteiger partial charge < -0.3 is 5.84 Å². The number of aromatic nitrogens is 2. The molecule has 0 fully saturated rings. The Morgan fingerprint density at radius 2 is 2.19 bits per heavy atom. The fraction of sp³-hybridized carbons (Fsp3) is 0.273. The molecule has 4 nitrogen and oxygen atoms in total. The molecule has 2 rings (SSSR count). The molecule has 1 heterocycles. The van der Waals surface area contributed by atoms with Crippen LogP contribution in [0.1, 0.15) is 13.3 Å². The summed E-state index contributed by atoms with van der Waals surface area (Å²) >= 11 is 1.50. The van der Waals surface area contributed by atoms with E-state index < -0.39 is 0 Å². The van der Waals surface area contributed by atoms with Crippen LogP contribution in [0, 0.1) is 0 Å². The van der Waals surface area contributed by atoms with Gasteiger partial charge in [-0.3, -0.25) is 4.79 Å². The molecule has 0 aliphatic heterocycles. The van der Waals surface area contributed by atoms with Crippen molar-refractivity contribution in [3.63, 3.8) is 0 Å². The largest absolute Gasteiger partial charge is 0.334 e. The third kappa shape index (κ3) is 1.90. The fourth-order valence-corrected chi connectivity index (χ4v) is 2.19. The third-order valence-electron chi connectivity index (χ3n) is 2.21. The highest BCUT2D eigenvalue weighted by molar-refractivity contribution is 7.99. The van der Waals surface area contributed by atoms with Gasteiger partial charge in [0, 0.05) is 5.75 Å². The second-order valence-corrected chi connectivity index (χ2v) is 4.50. The zero-order valence-corrected chi connectivity index (χ0v) is 9.83. The molecule has 0 spiro atoms. The minimum absolute atomic E-state index is 0.191. The van der Waals surface area contributed by atoms with E-state index in [2.05, 4.69) is 11.9 Å². The molecule has 16 heavy (non-hydrogen) atoms. The van der Waals surface area contributed by atoms with Crippen LogP contribution in [0.5, 0.6) is 0 Å². The number of benzene rings is 1. The highest BCUT2D eigenvalue weighted by Gasteiger charge is 2.07. The van der Waals surface area contributed by atoms with E-state index in [1.807, 2.05) is 18.2 Å². The van der Waals surface area contributed by atoms with Crippen molar-refractivity contribution in [2.24, 2.45) is 0 Å². The molecule has 5 heteroatoms. The lowest BCUT2D eigenvalue weighted by Gasteiger charge is -2.07. The van der Waals surface area contributed by atoms with Gasteiger partial charge in [0.1, 0.15) is 0 Å². The summed E-state index contributed by atoms with van der Waals surface area (Å²) < 4.78 is 1.13. The summed E-state index contributed by atoms with van der Waals surface area (Å²) in [4.78, 5) is 16.3. The van der Waals surface area contributed by atoms with E-state index in [4.69, 9.17) is 5.84 Å². The van der Waals surface area contributed by atoms with Crippen molar-refractivity contribution in [3.8, 4) is 0 Å². The Bertz CT molecular complexity index is 565. The van der Waals surface area contributed by atoms with E-state index in [0.717, 1.165) is 16.8 Å². The summed E-state index contributed by atoms with van der Waals surface area (Å²) in [6.45, 7) is 2.08. The first-order valence-electron chi connectivity index (χ1n) is 5.13. The Hall–Kier alpha value is -1.49. The maximum Gasteiger partial charge on any atom is 0.280 e. The zero-order chi connectivity index (χ0) is 11.5. The van der Waals surface area contributed by atoms with Gasteiger partial charge in [-0.1, -0.05) is 30.8 Å². The molecule has 0 radical (unpaired) electrons. The number of nitrogens with zero attached hydrogens (tertiary/aromatic N) is 2. The van der Waals surface area contributed by atoms with Gasteiger partial charge in [-0.2, -0.15) is 0 Å². The second kappa shape index (κ2) is 4.57. The molecule has 1 aromatic carbocycles. The number of fused-ring (bicyclic) bond motifs is 1. The van der Waals surface area contributed by atoms with Crippen LogP contribution >= 0.6 is 11.8 Å². The van der Waals surface area contributed by atoms with Crippen molar-refractivity contribution in [2.45, 2.75) is 18.5 Å². The Morgan fingerprint density at radius 1 is 1.44 bits per heavy atom. The first-order chi connectivity index (χ1) is 7.74. The van der Waals surface area contributed by atoms with E-state index in [-0.39, 0.29) is 5.56 Å². The Labute approximate surface area is 97.5 Å². The average molecular weight is 235 g/mol. The molecule has 2 aromatic rings.